The average Bonchev–Trinajstić information content (AvgIpc) is 2.88. The third kappa shape index (κ3) is 5.39. The van der Waals surface area contributed by atoms with Crippen molar-refractivity contribution in [1.29, 1.82) is 5.26 Å². The van der Waals surface area contributed by atoms with E-state index in [-0.39, 0.29) is 11.0 Å². The van der Waals surface area contributed by atoms with Gasteiger partial charge in [0.25, 0.3) is 0 Å². The molecule has 3 aromatic rings. The number of ether oxygens (including phenoxy) is 4. The lowest BCUT2D eigenvalue weighted by Crippen LogP contribution is -2.37. The Morgan fingerprint density at radius 2 is 1.97 bits per heavy atom. The number of rotatable bonds is 9. The van der Waals surface area contributed by atoms with E-state index in [0.29, 0.717) is 46.1 Å². The Morgan fingerprint density at radius 3 is 2.71 bits per heavy atom. The molecule has 34 heavy (non-hydrogen) atoms. The van der Waals surface area contributed by atoms with Gasteiger partial charge in [-0.25, -0.2) is 4.98 Å². The van der Waals surface area contributed by atoms with Gasteiger partial charge in [-0.1, -0.05) is 11.6 Å². The van der Waals surface area contributed by atoms with Gasteiger partial charge in [0.05, 0.1) is 57.0 Å². The molecule has 1 aromatic carbocycles. The summed E-state index contributed by atoms with van der Waals surface area (Å²) in [4.78, 5) is 15.0. The second kappa shape index (κ2) is 11.2. The van der Waals surface area contributed by atoms with Crippen molar-refractivity contribution in [2.75, 3.05) is 59.0 Å². The third-order valence-electron chi connectivity index (χ3n) is 5.40. The molecule has 4 rings (SSSR count). The highest BCUT2D eigenvalue weighted by molar-refractivity contribution is 6.33. The molecule has 3 heterocycles. The van der Waals surface area contributed by atoms with E-state index in [2.05, 4.69) is 31.2 Å². The van der Waals surface area contributed by atoms with Crippen LogP contribution in [0.4, 0.5) is 11.5 Å². The molecule has 0 atom stereocenters. The van der Waals surface area contributed by atoms with E-state index in [4.69, 9.17) is 30.5 Å². The maximum atomic E-state index is 9.67. The lowest BCUT2D eigenvalue weighted by atomic mass is 10.1. The molecule has 1 aliphatic rings. The molecule has 178 valence electrons. The molecule has 1 fully saturated rings. The highest BCUT2D eigenvalue weighted by Crippen LogP contribution is 2.38. The predicted molar refractivity (Wildman–Crippen MR) is 127 cm³/mol. The van der Waals surface area contributed by atoms with Crippen LogP contribution in [0.25, 0.3) is 10.9 Å². The van der Waals surface area contributed by atoms with Crippen LogP contribution in [0.3, 0.4) is 0 Å². The normalized spacial score (nSPS) is 13.9. The Balaban J connectivity index is 1.59. The zero-order valence-electron chi connectivity index (χ0n) is 19.0. The molecule has 0 saturated carbocycles. The summed E-state index contributed by atoms with van der Waals surface area (Å²) >= 11 is 6.26. The van der Waals surface area contributed by atoms with Crippen LogP contribution in [0.15, 0.2) is 24.5 Å². The molecule has 0 spiro atoms. The molecule has 1 aliphatic heterocycles. The van der Waals surface area contributed by atoms with Crippen LogP contribution in [-0.2, 0) is 4.74 Å². The summed E-state index contributed by atoms with van der Waals surface area (Å²) in [5, 5.41) is 13.7. The van der Waals surface area contributed by atoms with E-state index >= 15 is 0 Å². The van der Waals surface area contributed by atoms with Crippen LogP contribution >= 0.6 is 11.6 Å². The molecule has 0 bridgehead atoms. The van der Waals surface area contributed by atoms with Crippen LogP contribution in [0.1, 0.15) is 12.0 Å². The number of anilines is 2. The second-order valence-corrected chi connectivity index (χ2v) is 7.92. The first-order valence-corrected chi connectivity index (χ1v) is 11.2. The van der Waals surface area contributed by atoms with E-state index < -0.39 is 0 Å². The molecular weight excluding hydrogens is 460 g/mol. The van der Waals surface area contributed by atoms with E-state index in [9.17, 15) is 5.26 Å². The summed E-state index contributed by atoms with van der Waals surface area (Å²) in [6.45, 7) is 4.93. The number of nitrogens with one attached hydrogen (secondary N) is 1. The van der Waals surface area contributed by atoms with Gasteiger partial charge >= 0.3 is 6.01 Å². The van der Waals surface area contributed by atoms with E-state index in [0.717, 1.165) is 39.3 Å². The number of hydrogen-bond donors (Lipinski definition) is 1. The molecule has 0 aliphatic carbocycles. The van der Waals surface area contributed by atoms with Crippen LogP contribution in [0.2, 0.25) is 5.02 Å². The molecule has 1 saturated heterocycles. The summed E-state index contributed by atoms with van der Waals surface area (Å²) in [7, 11) is 3.03. The highest BCUT2D eigenvalue weighted by Gasteiger charge is 2.17. The Kier molecular flexibility index (Phi) is 7.80. The van der Waals surface area contributed by atoms with Crippen molar-refractivity contribution >= 4 is 34.0 Å². The summed E-state index contributed by atoms with van der Waals surface area (Å²) in [6.07, 6.45) is 3.79. The zero-order valence-corrected chi connectivity index (χ0v) is 19.8. The monoisotopic (exact) mass is 484 g/mol. The fourth-order valence-electron chi connectivity index (χ4n) is 3.64. The largest absolute Gasteiger partial charge is 0.493 e. The van der Waals surface area contributed by atoms with Crippen molar-refractivity contribution in [3.63, 3.8) is 0 Å². The fraction of sp³-hybridized carbons (Fsp3) is 0.391. The Bertz CT molecular complexity index is 1200. The summed E-state index contributed by atoms with van der Waals surface area (Å²) in [5.74, 6) is 1.42. The van der Waals surface area contributed by atoms with Gasteiger partial charge in [0.2, 0.25) is 0 Å². The van der Waals surface area contributed by atoms with Gasteiger partial charge in [-0.3, -0.25) is 9.88 Å². The maximum Gasteiger partial charge on any atom is 0.318 e. The Morgan fingerprint density at radius 1 is 1.15 bits per heavy atom. The van der Waals surface area contributed by atoms with Crippen LogP contribution < -0.4 is 19.5 Å². The summed E-state index contributed by atoms with van der Waals surface area (Å²) in [5.41, 5.74) is 1.44. The smallest absolute Gasteiger partial charge is 0.318 e. The minimum Gasteiger partial charge on any atom is -0.493 e. The number of hydrogen-bond acceptors (Lipinski definition) is 10. The second-order valence-electron chi connectivity index (χ2n) is 7.51. The highest BCUT2D eigenvalue weighted by atomic mass is 35.5. The lowest BCUT2D eigenvalue weighted by molar-refractivity contribution is 0.0357. The van der Waals surface area contributed by atoms with Gasteiger partial charge in [0, 0.05) is 37.3 Å². The molecule has 11 heteroatoms. The molecule has 0 radical (unpaired) electrons. The van der Waals surface area contributed by atoms with Crippen molar-refractivity contribution in [1.82, 2.24) is 19.9 Å². The quantitative estimate of drug-likeness (QED) is 0.453. The first-order chi connectivity index (χ1) is 16.6. The number of halogens is 1. The number of fused-ring (bicyclic) bond motifs is 1. The van der Waals surface area contributed by atoms with Crippen LogP contribution in [0, 0.1) is 11.3 Å². The van der Waals surface area contributed by atoms with Crippen molar-refractivity contribution in [2.24, 2.45) is 0 Å². The first-order valence-electron chi connectivity index (χ1n) is 10.8. The number of methoxy groups -OCH3 is 2. The van der Waals surface area contributed by atoms with E-state index in [1.54, 1.807) is 19.2 Å². The van der Waals surface area contributed by atoms with Gasteiger partial charge < -0.3 is 24.3 Å². The minimum atomic E-state index is 0.147. The van der Waals surface area contributed by atoms with Crippen molar-refractivity contribution in [3.8, 4) is 23.6 Å². The molecule has 1 N–H and O–H groups in total. The first kappa shape index (κ1) is 23.8. The van der Waals surface area contributed by atoms with E-state index in [1.807, 2.05) is 0 Å². The molecular formula is C23H25ClN6O4. The number of nitriles is 1. The molecule has 0 unspecified atom stereocenters. The summed E-state index contributed by atoms with van der Waals surface area (Å²) in [6, 6.07) is 5.89. The standard InChI is InChI=1S/C23H25ClN6O4/c1-31-19-10-16-18(11-20(19)34-7-3-4-30-5-8-33-9-6-30)26-13-15(12-25)21(16)28-22-17(24)14-27-23(29-22)32-2/h10-11,13-14H,3-9H2,1-2H3,(H,26,27,28,29). The topological polar surface area (TPSA) is 115 Å². The molecule has 2 aromatic heterocycles. The van der Waals surface area contributed by atoms with Gasteiger partial charge in [-0.05, 0) is 12.5 Å². The average molecular weight is 485 g/mol. The predicted octanol–water partition coefficient (Wildman–Crippen LogP) is 3.41. The summed E-state index contributed by atoms with van der Waals surface area (Å²) < 4.78 is 22.1. The van der Waals surface area contributed by atoms with Crippen molar-refractivity contribution < 1.29 is 18.9 Å². The van der Waals surface area contributed by atoms with Gasteiger partial charge in [0.15, 0.2) is 17.3 Å². The number of pyridine rings is 1. The van der Waals surface area contributed by atoms with Crippen LogP contribution in [0.5, 0.6) is 17.5 Å². The number of morpholine rings is 1. The van der Waals surface area contributed by atoms with Crippen molar-refractivity contribution in [3.05, 3.63) is 35.1 Å². The minimum absolute atomic E-state index is 0.147. The number of aromatic nitrogens is 3. The van der Waals surface area contributed by atoms with Crippen molar-refractivity contribution in [2.45, 2.75) is 6.42 Å². The SMILES string of the molecule is COc1ncc(Cl)c(Nc2c(C#N)cnc3cc(OCCCN4CCOCC4)c(OC)cc23)n1. The third-order valence-corrected chi connectivity index (χ3v) is 5.68. The number of benzene rings is 1. The van der Waals surface area contributed by atoms with Gasteiger partial charge in [-0.2, -0.15) is 10.2 Å². The van der Waals surface area contributed by atoms with Gasteiger partial charge in [0.1, 0.15) is 11.1 Å². The zero-order chi connectivity index (χ0) is 23.9. The fourth-order valence-corrected chi connectivity index (χ4v) is 3.78. The van der Waals surface area contributed by atoms with Crippen LogP contribution in [-0.4, -0.2) is 73.5 Å². The lowest BCUT2D eigenvalue weighted by Gasteiger charge is -2.26. The molecule has 10 nitrogen and oxygen atoms in total. The molecule has 0 amide bonds. The number of nitrogens with zero attached hydrogens (tertiary/aromatic N) is 5. The maximum absolute atomic E-state index is 9.67. The van der Waals surface area contributed by atoms with Gasteiger partial charge in [-0.15, -0.1) is 0 Å². The van der Waals surface area contributed by atoms with E-state index in [1.165, 1.54) is 19.5 Å². The Hall–Kier alpha value is -3.39. The Labute approximate surface area is 202 Å².